The molecule has 6 heteroatoms. The quantitative estimate of drug-likeness (QED) is 0.304. The Balaban J connectivity index is 1.56. The third-order valence-corrected chi connectivity index (χ3v) is 5.75. The lowest BCUT2D eigenvalue weighted by Crippen LogP contribution is -2.13. The number of hydrogen-bond donors (Lipinski definition) is 0. The first-order valence-corrected chi connectivity index (χ1v) is 10.8. The summed E-state index contributed by atoms with van der Waals surface area (Å²) in [6, 6.07) is 11.1. The maximum absolute atomic E-state index is 12.4. The predicted octanol–water partition coefficient (Wildman–Crippen LogP) is 5.20. The molecule has 1 aliphatic carbocycles. The van der Waals surface area contributed by atoms with Crippen molar-refractivity contribution >= 4 is 17.8 Å². The topological polar surface area (TPSA) is 71.1 Å². The Labute approximate surface area is 189 Å². The number of carbonyl (C=O) groups is 2. The smallest absolute Gasteiger partial charge is 0.331 e. The van der Waals surface area contributed by atoms with E-state index in [1.54, 1.807) is 18.2 Å². The SMILES string of the molecule is COc1cc(C=CC(=O)OCC(=O)c2ccc(C3CCCCC3)cc2)cc(OC)c1OC. The fraction of sp³-hybridized carbons (Fsp3) is 0.385. The van der Waals surface area contributed by atoms with Crippen LogP contribution in [0.25, 0.3) is 6.08 Å². The maximum atomic E-state index is 12.4. The molecule has 0 atom stereocenters. The van der Waals surface area contributed by atoms with Gasteiger partial charge >= 0.3 is 5.97 Å². The number of benzene rings is 2. The summed E-state index contributed by atoms with van der Waals surface area (Å²) in [4.78, 5) is 24.5. The van der Waals surface area contributed by atoms with Gasteiger partial charge in [0.05, 0.1) is 21.3 Å². The van der Waals surface area contributed by atoms with Crippen molar-refractivity contribution < 1.29 is 28.5 Å². The average Bonchev–Trinajstić information content (AvgIpc) is 2.85. The minimum Gasteiger partial charge on any atom is -0.493 e. The standard InChI is InChI=1S/C26H30O6/c1-29-23-15-18(16-24(30-2)26(23)31-3)9-14-25(28)32-17-22(27)21-12-10-20(11-13-21)19-7-5-4-6-8-19/h9-16,19H,4-8,17H2,1-3H3. The van der Waals surface area contributed by atoms with Crippen LogP contribution in [0.15, 0.2) is 42.5 Å². The molecule has 6 nitrogen and oxygen atoms in total. The van der Waals surface area contributed by atoms with E-state index in [0.29, 0.717) is 34.3 Å². The van der Waals surface area contributed by atoms with Crippen LogP contribution in [0.4, 0.5) is 0 Å². The molecule has 0 saturated heterocycles. The van der Waals surface area contributed by atoms with Crippen molar-refractivity contribution in [3.63, 3.8) is 0 Å². The molecule has 0 aliphatic heterocycles. The van der Waals surface area contributed by atoms with Gasteiger partial charge in [-0.1, -0.05) is 43.5 Å². The van der Waals surface area contributed by atoms with Crippen LogP contribution >= 0.6 is 0 Å². The highest BCUT2D eigenvalue weighted by atomic mass is 16.5. The van der Waals surface area contributed by atoms with Gasteiger partial charge in [-0.15, -0.1) is 0 Å². The highest BCUT2D eigenvalue weighted by molar-refractivity contribution is 5.99. The summed E-state index contributed by atoms with van der Waals surface area (Å²) < 4.78 is 21.0. The lowest BCUT2D eigenvalue weighted by molar-refractivity contribution is -0.136. The van der Waals surface area contributed by atoms with Crippen LogP contribution in [0.2, 0.25) is 0 Å². The van der Waals surface area contributed by atoms with Gasteiger partial charge in [0.1, 0.15) is 0 Å². The summed E-state index contributed by atoms with van der Waals surface area (Å²) in [6.45, 7) is -0.304. The summed E-state index contributed by atoms with van der Waals surface area (Å²) in [6.07, 6.45) is 9.10. The van der Waals surface area contributed by atoms with Gasteiger partial charge < -0.3 is 18.9 Å². The molecule has 0 bridgehead atoms. The molecule has 0 N–H and O–H groups in total. The van der Waals surface area contributed by atoms with E-state index in [2.05, 4.69) is 0 Å². The zero-order valence-corrected chi connectivity index (χ0v) is 18.9. The number of carbonyl (C=O) groups excluding carboxylic acids is 2. The minimum absolute atomic E-state index is 0.227. The average molecular weight is 439 g/mol. The summed E-state index contributed by atoms with van der Waals surface area (Å²) >= 11 is 0. The van der Waals surface area contributed by atoms with Gasteiger partial charge in [-0.3, -0.25) is 4.79 Å². The molecule has 0 amide bonds. The first-order valence-electron chi connectivity index (χ1n) is 10.8. The maximum Gasteiger partial charge on any atom is 0.331 e. The summed E-state index contributed by atoms with van der Waals surface area (Å²) in [5.74, 6) is 1.18. The molecule has 2 aromatic rings. The largest absolute Gasteiger partial charge is 0.493 e. The number of methoxy groups -OCH3 is 3. The van der Waals surface area contributed by atoms with Crippen molar-refractivity contribution in [2.24, 2.45) is 0 Å². The second kappa shape index (κ2) is 11.4. The Morgan fingerprint density at radius 1 is 0.906 bits per heavy atom. The second-order valence-electron chi connectivity index (χ2n) is 7.78. The highest BCUT2D eigenvalue weighted by Crippen LogP contribution is 2.38. The van der Waals surface area contributed by atoms with Crippen LogP contribution in [0, 0.1) is 0 Å². The Bertz CT molecular complexity index is 930. The number of esters is 1. The molecule has 32 heavy (non-hydrogen) atoms. The van der Waals surface area contributed by atoms with E-state index >= 15 is 0 Å². The van der Waals surface area contributed by atoms with Crippen LogP contribution in [0.5, 0.6) is 17.2 Å². The molecule has 0 radical (unpaired) electrons. The molecular weight excluding hydrogens is 408 g/mol. The van der Waals surface area contributed by atoms with E-state index in [0.717, 1.165) is 0 Å². The Hall–Kier alpha value is -3.28. The van der Waals surface area contributed by atoms with Gasteiger partial charge in [0, 0.05) is 11.6 Å². The van der Waals surface area contributed by atoms with Crippen molar-refractivity contribution in [2.75, 3.05) is 27.9 Å². The molecule has 0 heterocycles. The lowest BCUT2D eigenvalue weighted by atomic mass is 9.84. The van der Waals surface area contributed by atoms with E-state index < -0.39 is 5.97 Å². The first kappa shape index (κ1) is 23.4. The van der Waals surface area contributed by atoms with E-state index in [4.69, 9.17) is 18.9 Å². The molecule has 0 unspecified atom stereocenters. The van der Waals surface area contributed by atoms with E-state index in [9.17, 15) is 9.59 Å². The summed E-state index contributed by atoms with van der Waals surface area (Å²) in [5, 5.41) is 0. The molecule has 1 aliphatic rings. The molecule has 0 spiro atoms. The van der Waals surface area contributed by atoms with Crippen molar-refractivity contribution in [1.29, 1.82) is 0 Å². The normalized spacial score (nSPS) is 14.2. The lowest BCUT2D eigenvalue weighted by Gasteiger charge is -2.22. The molecule has 0 aromatic heterocycles. The van der Waals surface area contributed by atoms with Crippen molar-refractivity contribution in [1.82, 2.24) is 0 Å². The number of ketones is 1. The van der Waals surface area contributed by atoms with Crippen LogP contribution in [0.3, 0.4) is 0 Å². The molecule has 1 fully saturated rings. The third-order valence-electron chi connectivity index (χ3n) is 5.75. The minimum atomic E-state index is -0.606. The monoisotopic (exact) mass is 438 g/mol. The Morgan fingerprint density at radius 2 is 1.53 bits per heavy atom. The van der Waals surface area contributed by atoms with Crippen molar-refractivity contribution in [3.05, 3.63) is 59.2 Å². The predicted molar refractivity (Wildman–Crippen MR) is 123 cm³/mol. The van der Waals surface area contributed by atoms with Gasteiger partial charge in [-0.2, -0.15) is 0 Å². The zero-order chi connectivity index (χ0) is 22.9. The number of hydrogen-bond acceptors (Lipinski definition) is 6. The van der Waals surface area contributed by atoms with Gasteiger partial charge in [0.25, 0.3) is 0 Å². The van der Waals surface area contributed by atoms with E-state index in [1.807, 2.05) is 24.3 Å². The van der Waals surface area contributed by atoms with E-state index in [1.165, 1.54) is 65.1 Å². The van der Waals surface area contributed by atoms with Gasteiger partial charge in [0.2, 0.25) is 5.75 Å². The molecule has 1 saturated carbocycles. The van der Waals surface area contributed by atoms with Crippen LogP contribution < -0.4 is 14.2 Å². The van der Waals surface area contributed by atoms with E-state index in [-0.39, 0.29) is 12.4 Å². The number of ether oxygens (including phenoxy) is 4. The number of rotatable bonds is 9. The van der Waals surface area contributed by atoms with Crippen molar-refractivity contribution in [2.45, 2.75) is 38.0 Å². The summed E-state index contributed by atoms with van der Waals surface area (Å²) in [5.41, 5.74) is 2.50. The Kier molecular flexibility index (Phi) is 8.31. The van der Waals surface area contributed by atoms with Crippen molar-refractivity contribution in [3.8, 4) is 17.2 Å². The van der Waals surface area contributed by atoms with Gasteiger partial charge in [-0.25, -0.2) is 4.79 Å². The fourth-order valence-electron chi connectivity index (χ4n) is 4.01. The van der Waals surface area contributed by atoms with Crippen LogP contribution in [-0.2, 0) is 9.53 Å². The van der Waals surface area contributed by atoms with Gasteiger partial charge in [0.15, 0.2) is 23.9 Å². The third kappa shape index (κ3) is 5.90. The number of Topliss-reactive ketones (excluding diaryl/α,β-unsaturated/α-hetero) is 1. The fourth-order valence-corrected chi connectivity index (χ4v) is 4.01. The molecule has 170 valence electrons. The van der Waals surface area contributed by atoms with Gasteiger partial charge in [-0.05, 0) is 48.1 Å². The molecular formula is C26H30O6. The van der Waals surface area contributed by atoms with Crippen LogP contribution in [0.1, 0.15) is 59.5 Å². The molecule has 3 rings (SSSR count). The first-order chi connectivity index (χ1) is 15.5. The summed E-state index contributed by atoms with van der Waals surface area (Å²) in [7, 11) is 4.56. The highest BCUT2D eigenvalue weighted by Gasteiger charge is 2.16. The Morgan fingerprint density at radius 3 is 2.09 bits per heavy atom. The second-order valence-corrected chi connectivity index (χ2v) is 7.78. The molecule has 2 aromatic carbocycles. The van der Waals surface area contributed by atoms with Crippen LogP contribution in [-0.4, -0.2) is 39.7 Å². The zero-order valence-electron chi connectivity index (χ0n) is 18.9.